The monoisotopic (exact) mass is 264 g/mol. The molecule has 0 bridgehead atoms. The highest BCUT2D eigenvalue weighted by Gasteiger charge is 1.96. The molecule has 1 aromatic heterocycles. The van der Waals surface area contributed by atoms with Gasteiger partial charge in [0.25, 0.3) is 0 Å². The molecule has 3 heteroatoms. The van der Waals surface area contributed by atoms with E-state index in [2.05, 4.69) is 34.3 Å². The third kappa shape index (κ3) is 3.97. The van der Waals surface area contributed by atoms with Crippen LogP contribution in [0.4, 0.5) is 0 Å². The molecule has 0 aliphatic carbocycles. The summed E-state index contributed by atoms with van der Waals surface area (Å²) in [4.78, 5) is 1.47. The summed E-state index contributed by atoms with van der Waals surface area (Å²) in [7, 11) is 0. The molecule has 0 N–H and O–H groups in total. The zero-order valence-corrected chi connectivity index (χ0v) is 10.4. The lowest BCUT2D eigenvalue weighted by Crippen LogP contribution is -1.78. The van der Waals surface area contributed by atoms with Crippen LogP contribution in [-0.2, 0) is 5.75 Å². The maximum Gasteiger partial charge on any atom is 0.0285 e. The normalized spacial score (nSPS) is 10.5. The van der Waals surface area contributed by atoms with Gasteiger partial charge in [-0.15, -0.1) is 11.3 Å². The molecule has 0 nitrogen and oxygen atoms in total. The molecular weight excluding hydrogens is 252 g/mol. The van der Waals surface area contributed by atoms with Gasteiger partial charge in [0.15, 0.2) is 0 Å². The van der Waals surface area contributed by atoms with Crippen LogP contribution in [0.1, 0.15) is 24.6 Å². The zero-order chi connectivity index (χ0) is 8.81. The van der Waals surface area contributed by atoms with E-state index in [-0.39, 0.29) is 0 Å². The van der Waals surface area contributed by atoms with Gasteiger partial charge in [-0.2, -0.15) is 11.8 Å². The number of unbranched alkanes of at least 4 members (excludes halogenated alkanes) is 1. The summed E-state index contributed by atoms with van der Waals surface area (Å²) in [5, 5.41) is 2.15. The minimum Gasteiger partial charge on any atom is -0.156 e. The Morgan fingerprint density at radius 1 is 1.58 bits per heavy atom. The molecule has 0 radical (unpaired) electrons. The molecule has 1 rings (SSSR count). The third-order valence-electron chi connectivity index (χ3n) is 1.51. The topological polar surface area (TPSA) is 0 Å². The van der Waals surface area contributed by atoms with Gasteiger partial charge in [0.05, 0.1) is 0 Å². The molecule has 1 heterocycles. The molecule has 0 spiro atoms. The van der Waals surface area contributed by atoms with Crippen molar-refractivity contribution in [3.05, 3.63) is 20.8 Å². The number of rotatable bonds is 5. The van der Waals surface area contributed by atoms with E-state index in [4.69, 9.17) is 0 Å². The molecule has 0 atom stereocenters. The molecule has 0 aromatic carbocycles. The fourth-order valence-electron chi connectivity index (χ4n) is 0.849. The highest BCUT2D eigenvalue weighted by Crippen LogP contribution is 2.24. The van der Waals surface area contributed by atoms with E-state index in [0.717, 1.165) is 0 Å². The molecule has 0 saturated carbocycles. The lowest BCUT2D eigenvalue weighted by atomic mass is 10.4. The number of thiophene rings is 1. The van der Waals surface area contributed by atoms with Crippen molar-refractivity contribution < 1.29 is 0 Å². The minimum absolute atomic E-state index is 1.18. The predicted octanol–water partition coefficient (Wildman–Crippen LogP) is 4.54. The Bertz CT molecular complexity index is 220. The van der Waals surface area contributed by atoms with E-state index in [9.17, 15) is 0 Å². The minimum atomic E-state index is 1.18. The lowest BCUT2D eigenvalue weighted by Gasteiger charge is -1.96. The van der Waals surface area contributed by atoms with Crippen molar-refractivity contribution in [2.24, 2.45) is 0 Å². The van der Waals surface area contributed by atoms with E-state index in [1.54, 1.807) is 0 Å². The Morgan fingerprint density at radius 2 is 2.42 bits per heavy atom. The van der Waals surface area contributed by atoms with Gasteiger partial charge in [-0.05, 0) is 34.2 Å². The molecule has 12 heavy (non-hydrogen) atoms. The Hall–Kier alpha value is 0.530. The van der Waals surface area contributed by atoms with Crippen LogP contribution in [0.3, 0.4) is 0 Å². The van der Waals surface area contributed by atoms with Crippen LogP contribution in [0.2, 0.25) is 0 Å². The van der Waals surface area contributed by atoms with Crippen molar-refractivity contribution in [1.82, 2.24) is 0 Å². The van der Waals surface area contributed by atoms with Crippen LogP contribution in [0.25, 0.3) is 0 Å². The summed E-state index contributed by atoms with van der Waals surface area (Å²) < 4.78 is 1.22. The second kappa shape index (κ2) is 6.06. The average Bonchev–Trinajstić information content (AvgIpc) is 2.45. The second-order valence-corrected chi connectivity index (χ2v) is 5.65. The number of halogens is 1. The molecule has 0 unspecified atom stereocenters. The Kier molecular flexibility index (Phi) is 5.35. The quantitative estimate of drug-likeness (QED) is 0.704. The molecule has 0 aliphatic rings. The second-order valence-electron chi connectivity index (χ2n) is 2.64. The molecule has 0 saturated heterocycles. The maximum absolute atomic E-state index is 3.46. The average molecular weight is 265 g/mol. The van der Waals surface area contributed by atoms with Gasteiger partial charge in [-0.1, -0.05) is 13.3 Å². The first-order chi connectivity index (χ1) is 5.83. The van der Waals surface area contributed by atoms with Crippen LogP contribution in [-0.4, -0.2) is 5.75 Å². The maximum atomic E-state index is 3.46. The summed E-state index contributed by atoms with van der Waals surface area (Å²) in [6.07, 6.45) is 2.65. The van der Waals surface area contributed by atoms with E-state index in [1.165, 1.54) is 33.7 Å². The van der Waals surface area contributed by atoms with Gasteiger partial charge in [0.1, 0.15) is 0 Å². The Morgan fingerprint density at radius 3 is 3.00 bits per heavy atom. The molecule has 68 valence electrons. The Labute approximate surface area is 90.9 Å². The van der Waals surface area contributed by atoms with E-state index in [1.807, 2.05) is 23.1 Å². The number of thioether (sulfide) groups is 1. The molecule has 0 amide bonds. The summed E-state index contributed by atoms with van der Waals surface area (Å²) in [6, 6.07) is 2.21. The lowest BCUT2D eigenvalue weighted by molar-refractivity contribution is 0.896. The number of hydrogen-bond donors (Lipinski definition) is 0. The molecular formula is C9H13BrS2. The van der Waals surface area contributed by atoms with E-state index >= 15 is 0 Å². The van der Waals surface area contributed by atoms with Crippen molar-refractivity contribution in [1.29, 1.82) is 0 Å². The largest absolute Gasteiger partial charge is 0.156 e. The first-order valence-corrected chi connectivity index (χ1v) is 6.96. The van der Waals surface area contributed by atoms with Crippen LogP contribution >= 0.6 is 39.0 Å². The van der Waals surface area contributed by atoms with E-state index in [0.29, 0.717) is 0 Å². The SMILES string of the molecule is CCCCSCc1cc(Br)cs1. The van der Waals surface area contributed by atoms with Gasteiger partial charge >= 0.3 is 0 Å². The van der Waals surface area contributed by atoms with Gasteiger partial charge in [0.2, 0.25) is 0 Å². The third-order valence-corrected chi connectivity index (χ3v) is 4.48. The summed E-state index contributed by atoms with van der Waals surface area (Å²) in [5.41, 5.74) is 0. The fraction of sp³-hybridized carbons (Fsp3) is 0.556. The molecule has 0 fully saturated rings. The van der Waals surface area contributed by atoms with Gasteiger partial charge in [-0.25, -0.2) is 0 Å². The first kappa shape index (κ1) is 10.6. The van der Waals surface area contributed by atoms with Crippen molar-refractivity contribution in [3.63, 3.8) is 0 Å². The van der Waals surface area contributed by atoms with Crippen LogP contribution in [0.15, 0.2) is 15.9 Å². The van der Waals surface area contributed by atoms with Gasteiger partial charge in [0, 0.05) is 20.5 Å². The summed E-state index contributed by atoms with van der Waals surface area (Å²) in [5.74, 6) is 2.47. The summed E-state index contributed by atoms with van der Waals surface area (Å²) in [6.45, 7) is 2.24. The van der Waals surface area contributed by atoms with Crippen LogP contribution in [0.5, 0.6) is 0 Å². The molecule has 0 aliphatic heterocycles. The van der Waals surface area contributed by atoms with Crippen LogP contribution < -0.4 is 0 Å². The van der Waals surface area contributed by atoms with Gasteiger partial charge < -0.3 is 0 Å². The highest BCUT2D eigenvalue weighted by molar-refractivity contribution is 9.10. The Balaban J connectivity index is 2.15. The fourth-order valence-corrected chi connectivity index (χ4v) is 3.53. The van der Waals surface area contributed by atoms with Crippen molar-refractivity contribution in [2.75, 3.05) is 5.75 Å². The van der Waals surface area contributed by atoms with Crippen molar-refractivity contribution >= 4 is 39.0 Å². The van der Waals surface area contributed by atoms with Crippen molar-refractivity contribution in [2.45, 2.75) is 25.5 Å². The van der Waals surface area contributed by atoms with Crippen molar-refractivity contribution in [3.8, 4) is 0 Å². The standard InChI is InChI=1S/C9H13BrS2/c1-2-3-4-11-7-9-5-8(10)6-12-9/h5-6H,2-4,7H2,1H3. The van der Waals surface area contributed by atoms with Gasteiger partial charge in [-0.3, -0.25) is 0 Å². The molecule has 1 aromatic rings. The number of hydrogen-bond acceptors (Lipinski definition) is 2. The smallest absolute Gasteiger partial charge is 0.0285 e. The van der Waals surface area contributed by atoms with E-state index < -0.39 is 0 Å². The summed E-state index contributed by atoms with van der Waals surface area (Å²) >= 11 is 7.33. The predicted molar refractivity (Wildman–Crippen MR) is 63.1 cm³/mol. The van der Waals surface area contributed by atoms with Crippen LogP contribution in [0, 0.1) is 0 Å². The first-order valence-electron chi connectivity index (χ1n) is 4.13. The zero-order valence-electron chi connectivity index (χ0n) is 7.18. The highest BCUT2D eigenvalue weighted by atomic mass is 79.9.